The quantitative estimate of drug-likeness (QED) is 0.523. The van der Waals surface area contributed by atoms with Gasteiger partial charge in [-0.1, -0.05) is 60.7 Å². The van der Waals surface area contributed by atoms with Crippen LogP contribution >= 0.6 is 0 Å². The van der Waals surface area contributed by atoms with Crippen molar-refractivity contribution in [2.45, 2.75) is 82.8 Å². The van der Waals surface area contributed by atoms with Gasteiger partial charge in [0.1, 0.15) is 5.60 Å². The summed E-state index contributed by atoms with van der Waals surface area (Å²) in [5.74, 6) is -0.944. The molecule has 2 aliphatic heterocycles. The number of fused-ring (bicyclic) bond motifs is 2. The van der Waals surface area contributed by atoms with Gasteiger partial charge >= 0.3 is 12.1 Å². The smallest absolute Gasteiger partial charge is 0.410 e. The first-order valence-corrected chi connectivity index (χ1v) is 12.8. The van der Waals surface area contributed by atoms with Crippen LogP contribution in [0.5, 0.6) is 0 Å². The largest absolute Gasteiger partial charge is 0.479 e. The van der Waals surface area contributed by atoms with E-state index in [1.54, 1.807) is 4.90 Å². The fraction of sp³-hybridized carbons (Fsp3) is 0.517. The molecular weight excluding hydrogens is 456 g/mol. The highest BCUT2D eigenvalue weighted by atomic mass is 16.6. The molecule has 0 spiro atoms. The van der Waals surface area contributed by atoms with Gasteiger partial charge in [0, 0.05) is 44.6 Å². The predicted octanol–water partition coefficient (Wildman–Crippen LogP) is 5.09. The Morgan fingerprint density at radius 3 is 1.89 bits per heavy atom. The zero-order valence-corrected chi connectivity index (χ0v) is 21.6. The second kappa shape index (κ2) is 11.0. The monoisotopic (exact) mass is 494 g/mol. The fourth-order valence-corrected chi connectivity index (χ4v) is 5.44. The molecule has 2 heterocycles. The van der Waals surface area contributed by atoms with E-state index in [0.717, 1.165) is 25.9 Å². The molecule has 0 aliphatic carbocycles. The molecule has 1 amide bonds. The van der Waals surface area contributed by atoms with Crippen LogP contribution in [0.15, 0.2) is 60.7 Å². The average molecular weight is 495 g/mol. The molecule has 0 unspecified atom stereocenters. The number of benzene rings is 2. The number of carboxylic acids is 1. The van der Waals surface area contributed by atoms with Crippen LogP contribution in [-0.4, -0.2) is 63.4 Å². The Balaban J connectivity index is 1.42. The highest BCUT2D eigenvalue weighted by Gasteiger charge is 2.55. The molecule has 1 N–H and O–H groups in total. The Morgan fingerprint density at radius 2 is 1.44 bits per heavy atom. The van der Waals surface area contributed by atoms with Crippen molar-refractivity contribution in [1.82, 2.24) is 9.80 Å². The van der Waals surface area contributed by atoms with E-state index in [0.29, 0.717) is 13.2 Å². The van der Waals surface area contributed by atoms with Crippen molar-refractivity contribution in [2.24, 2.45) is 0 Å². The van der Waals surface area contributed by atoms with Gasteiger partial charge in [-0.25, -0.2) is 9.59 Å². The Bertz CT molecular complexity index is 965. The molecule has 36 heavy (non-hydrogen) atoms. The number of carbonyl (C=O) groups is 2. The third-order valence-corrected chi connectivity index (χ3v) is 7.03. The molecule has 2 bridgehead atoms. The van der Waals surface area contributed by atoms with Crippen molar-refractivity contribution in [3.8, 4) is 0 Å². The summed E-state index contributed by atoms with van der Waals surface area (Å²) in [7, 11) is 0. The van der Waals surface area contributed by atoms with Crippen LogP contribution in [0.2, 0.25) is 0 Å². The van der Waals surface area contributed by atoms with Crippen LogP contribution < -0.4 is 0 Å². The summed E-state index contributed by atoms with van der Waals surface area (Å²) < 4.78 is 11.8. The molecule has 194 valence electrons. The number of hydrogen-bond acceptors (Lipinski definition) is 5. The minimum absolute atomic E-state index is 0.181. The van der Waals surface area contributed by atoms with Gasteiger partial charge in [0.05, 0.1) is 6.61 Å². The van der Waals surface area contributed by atoms with Gasteiger partial charge in [-0.15, -0.1) is 0 Å². The Kier molecular flexibility index (Phi) is 8.00. The molecule has 0 radical (unpaired) electrons. The van der Waals surface area contributed by atoms with Crippen LogP contribution in [0.25, 0.3) is 0 Å². The summed E-state index contributed by atoms with van der Waals surface area (Å²) >= 11 is 0. The third-order valence-electron chi connectivity index (χ3n) is 7.03. The van der Waals surface area contributed by atoms with E-state index >= 15 is 0 Å². The van der Waals surface area contributed by atoms with E-state index < -0.39 is 17.2 Å². The van der Waals surface area contributed by atoms with Crippen LogP contribution in [0.1, 0.15) is 57.6 Å². The first-order chi connectivity index (χ1) is 17.2. The Labute approximate surface area is 214 Å². The lowest BCUT2D eigenvalue weighted by Crippen LogP contribution is -2.58. The van der Waals surface area contributed by atoms with Gasteiger partial charge in [-0.3, -0.25) is 4.90 Å². The zero-order chi connectivity index (χ0) is 25.8. The first-order valence-electron chi connectivity index (χ1n) is 12.8. The summed E-state index contributed by atoms with van der Waals surface area (Å²) in [6.07, 6.45) is 1.77. The number of hydrogen-bond donors (Lipinski definition) is 1. The molecule has 7 nitrogen and oxygen atoms in total. The Hall–Kier alpha value is -2.90. The highest BCUT2D eigenvalue weighted by molar-refractivity contribution is 5.79. The van der Waals surface area contributed by atoms with E-state index in [-0.39, 0.29) is 31.0 Å². The number of rotatable bonds is 9. The third kappa shape index (κ3) is 6.45. The van der Waals surface area contributed by atoms with Crippen molar-refractivity contribution in [1.29, 1.82) is 0 Å². The molecule has 4 rings (SSSR count). The molecule has 2 saturated heterocycles. The van der Waals surface area contributed by atoms with Crippen molar-refractivity contribution >= 4 is 12.1 Å². The number of amides is 1. The number of piperidine rings is 1. The topological polar surface area (TPSA) is 79.3 Å². The first kappa shape index (κ1) is 26.2. The lowest BCUT2D eigenvalue weighted by atomic mass is 9.86. The van der Waals surface area contributed by atoms with Gasteiger partial charge in [0.25, 0.3) is 0 Å². The molecule has 2 aliphatic rings. The SMILES string of the molecule is CC(C)(C)OC(=O)N1[C@@H]2CC[C@H]1C[C@@](OCCN(Cc1ccccc1)Cc1ccccc1)(C(=O)O)C2. The van der Waals surface area contributed by atoms with Crippen molar-refractivity contribution in [2.75, 3.05) is 13.2 Å². The maximum atomic E-state index is 12.8. The molecule has 7 heteroatoms. The van der Waals surface area contributed by atoms with E-state index in [2.05, 4.69) is 29.2 Å². The Morgan fingerprint density at radius 1 is 0.944 bits per heavy atom. The van der Waals surface area contributed by atoms with Gasteiger partial charge in [-0.2, -0.15) is 0 Å². The van der Waals surface area contributed by atoms with E-state index in [1.165, 1.54) is 11.1 Å². The zero-order valence-electron chi connectivity index (χ0n) is 21.6. The maximum absolute atomic E-state index is 12.8. The van der Waals surface area contributed by atoms with Crippen LogP contribution in [0.4, 0.5) is 4.79 Å². The summed E-state index contributed by atoms with van der Waals surface area (Å²) in [6, 6.07) is 20.2. The number of ether oxygens (including phenoxy) is 2. The van der Waals surface area contributed by atoms with E-state index in [4.69, 9.17) is 9.47 Å². The van der Waals surface area contributed by atoms with Gasteiger partial charge in [0.15, 0.2) is 5.60 Å². The molecule has 0 saturated carbocycles. The second-order valence-corrected chi connectivity index (χ2v) is 11.0. The van der Waals surface area contributed by atoms with Gasteiger partial charge in [-0.05, 0) is 44.7 Å². The molecule has 0 aromatic heterocycles. The lowest BCUT2D eigenvalue weighted by molar-refractivity contribution is -0.177. The van der Waals surface area contributed by atoms with Crippen molar-refractivity contribution in [3.63, 3.8) is 0 Å². The molecule has 2 aromatic rings. The van der Waals surface area contributed by atoms with Gasteiger partial charge in [0.2, 0.25) is 0 Å². The minimum atomic E-state index is -1.28. The van der Waals surface area contributed by atoms with Crippen molar-refractivity contribution in [3.05, 3.63) is 71.8 Å². The fourth-order valence-electron chi connectivity index (χ4n) is 5.44. The molecule has 2 fully saturated rings. The number of nitrogens with zero attached hydrogens (tertiary/aromatic N) is 2. The van der Waals surface area contributed by atoms with Crippen molar-refractivity contribution < 1.29 is 24.2 Å². The standard InChI is InChI=1S/C29H38N2O5/c1-28(2,3)36-27(34)31-24-14-15-25(31)19-29(18-24,26(32)33)35-17-16-30(20-22-10-6-4-7-11-22)21-23-12-8-5-9-13-23/h4-13,24-25H,14-21H2,1-3H3,(H,32,33)/t24-,25+,29-. The van der Waals surface area contributed by atoms with Crippen LogP contribution in [-0.2, 0) is 27.4 Å². The lowest BCUT2D eigenvalue weighted by Gasteiger charge is -2.44. The number of aliphatic carboxylic acids is 1. The summed E-state index contributed by atoms with van der Waals surface area (Å²) in [5, 5.41) is 10.2. The normalized spacial score (nSPS) is 23.6. The molecule has 2 aromatic carbocycles. The average Bonchev–Trinajstić information content (AvgIpc) is 3.10. The maximum Gasteiger partial charge on any atom is 0.410 e. The molecule has 3 atom stereocenters. The van der Waals surface area contributed by atoms with Crippen LogP contribution in [0.3, 0.4) is 0 Å². The van der Waals surface area contributed by atoms with Gasteiger partial charge < -0.3 is 19.5 Å². The predicted molar refractivity (Wildman–Crippen MR) is 137 cm³/mol. The number of carbonyl (C=O) groups excluding carboxylic acids is 1. The number of carboxylic acid groups (broad SMARTS) is 1. The minimum Gasteiger partial charge on any atom is -0.479 e. The second-order valence-electron chi connectivity index (χ2n) is 11.0. The van der Waals surface area contributed by atoms with E-state index in [9.17, 15) is 14.7 Å². The van der Waals surface area contributed by atoms with Crippen LogP contribution in [0, 0.1) is 0 Å². The van der Waals surface area contributed by atoms with E-state index in [1.807, 2.05) is 57.2 Å². The summed E-state index contributed by atoms with van der Waals surface area (Å²) in [5.41, 5.74) is 0.528. The summed E-state index contributed by atoms with van der Waals surface area (Å²) in [4.78, 5) is 29.3. The molecular formula is C29H38N2O5. The summed E-state index contributed by atoms with van der Waals surface area (Å²) in [6.45, 7) is 7.93. The highest BCUT2D eigenvalue weighted by Crippen LogP contribution is 2.43.